The van der Waals surface area contributed by atoms with Gasteiger partial charge in [-0.1, -0.05) is 11.6 Å². The van der Waals surface area contributed by atoms with Crippen molar-refractivity contribution < 1.29 is 13.6 Å². The van der Waals surface area contributed by atoms with E-state index in [1.54, 1.807) is 12.1 Å². The van der Waals surface area contributed by atoms with E-state index in [1.807, 2.05) is 6.07 Å². The zero-order chi connectivity index (χ0) is 15.2. The van der Waals surface area contributed by atoms with Gasteiger partial charge < -0.3 is 9.32 Å². The van der Waals surface area contributed by atoms with Gasteiger partial charge in [0.15, 0.2) is 0 Å². The minimum absolute atomic E-state index is 0.0430. The van der Waals surface area contributed by atoms with Gasteiger partial charge in [0, 0.05) is 6.54 Å². The van der Waals surface area contributed by atoms with Crippen molar-refractivity contribution >= 4 is 17.5 Å². The Morgan fingerprint density at radius 2 is 2.24 bits per heavy atom. The second kappa shape index (κ2) is 6.91. The van der Waals surface area contributed by atoms with E-state index in [9.17, 15) is 9.18 Å². The van der Waals surface area contributed by atoms with E-state index in [1.165, 1.54) is 23.3 Å². The Morgan fingerprint density at radius 3 is 2.86 bits per heavy atom. The molecule has 0 unspecified atom stereocenters. The second-order valence-corrected chi connectivity index (χ2v) is 4.75. The highest BCUT2D eigenvalue weighted by molar-refractivity contribution is 6.33. The SMILES string of the molecule is N#CCCN(Cc1ccco1)C(=O)c1ccc(F)cc1Cl. The molecular weight excluding hydrogens is 295 g/mol. The third-order valence-corrected chi connectivity index (χ3v) is 3.18. The maximum atomic E-state index is 13.1. The summed E-state index contributed by atoms with van der Waals surface area (Å²) in [6, 6.07) is 9.04. The van der Waals surface area contributed by atoms with Gasteiger partial charge >= 0.3 is 0 Å². The largest absolute Gasteiger partial charge is 0.467 e. The molecule has 0 aliphatic rings. The Hall–Kier alpha value is -2.32. The van der Waals surface area contributed by atoms with Crippen molar-refractivity contribution in [2.24, 2.45) is 0 Å². The number of rotatable bonds is 5. The first-order valence-electron chi connectivity index (χ1n) is 6.25. The smallest absolute Gasteiger partial charge is 0.255 e. The van der Waals surface area contributed by atoms with Crippen molar-refractivity contribution in [2.45, 2.75) is 13.0 Å². The number of nitrogens with zero attached hydrogens (tertiary/aromatic N) is 2. The Bertz CT molecular complexity index is 665. The zero-order valence-electron chi connectivity index (χ0n) is 11.1. The number of benzene rings is 1. The summed E-state index contributed by atoms with van der Waals surface area (Å²) in [5.41, 5.74) is 0.197. The molecule has 0 saturated heterocycles. The molecule has 1 aromatic carbocycles. The van der Waals surface area contributed by atoms with Crippen LogP contribution in [0, 0.1) is 17.1 Å². The molecular formula is C15H12ClFN2O2. The van der Waals surface area contributed by atoms with Gasteiger partial charge in [0.1, 0.15) is 11.6 Å². The topological polar surface area (TPSA) is 57.2 Å². The molecule has 1 aromatic heterocycles. The van der Waals surface area contributed by atoms with Gasteiger partial charge in [-0.05, 0) is 30.3 Å². The maximum absolute atomic E-state index is 13.1. The molecule has 0 radical (unpaired) electrons. The van der Waals surface area contributed by atoms with Crippen LogP contribution in [-0.4, -0.2) is 17.4 Å². The Morgan fingerprint density at radius 1 is 1.43 bits per heavy atom. The molecule has 6 heteroatoms. The molecule has 4 nitrogen and oxygen atoms in total. The van der Waals surface area contributed by atoms with Gasteiger partial charge in [0.25, 0.3) is 5.91 Å². The van der Waals surface area contributed by atoms with E-state index in [2.05, 4.69) is 0 Å². The van der Waals surface area contributed by atoms with Crippen LogP contribution in [0.15, 0.2) is 41.0 Å². The molecule has 2 rings (SSSR count). The van der Waals surface area contributed by atoms with E-state index < -0.39 is 5.82 Å². The highest BCUT2D eigenvalue weighted by Gasteiger charge is 2.19. The quantitative estimate of drug-likeness (QED) is 0.847. The molecule has 0 bridgehead atoms. The monoisotopic (exact) mass is 306 g/mol. The van der Waals surface area contributed by atoms with Crippen LogP contribution in [0.4, 0.5) is 4.39 Å². The number of amides is 1. The fourth-order valence-electron chi connectivity index (χ4n) is 1.86. The Balaban J connectivity index is 2.22. The van der Waals surface area contributed by atoms with Crippen LogP contribution in [0.5, 0.6) is 0 Å². The lowest BCUT2D eigenvalue weighted by atomic mass is 10.2. The van der Waals surface area contributed by atoms with Crippen LogP contribution >= 0.6 is 11.6 Å². The molecule has 0 fully saturated rings. The van der Waals surface area contributed by atoms with Crippen molar-refractivity contribution in [2.75, 3.05) is 6.54 Å². The molecule has 2 aromatic rings. The number of carbonyl (C=O) groups excluding carboxylic acids is 1. The number of carbonyl (C=O) groups is 1. The van der Waals surface area contributed by atoms with Gasteiger partial charge in [0.05, 0.1) is 35.9 Å². The maximum Gasteiger partial charge on any atom is 0.255 e. The average molecular weight is 307 g/mol. The van der Waals surface area contributed by atoms with Gasteiger partial charge in [-0.2, -0.15) is 5.26 Å². The predicted octanol–water partition coefficient (Wildman–Crippen LogP) is 3.63. The minimum atomic E-state index is -0.508. The van der Waals surface area contributed by atoms with Gasteiger partial charge in [-0.15, -0.1) is 0 Å². The molecule has 1 amide bonds. The highest BCUT2D eigenvalue weighted by Crippen LogP contribution is 2.20. The summed E-state index contributed by atoms with van der Waals surface area (Å²) < 4.78 is 18.3. The van der Waals surface area contributed by atoms with Crippen LogP contribution < -0.4 is 0 Å². The second-order valence-electron chi connectivity index (χ2n) is 4.34. The molecule has 0 atom stereocenters. The van der Waals surface area contributed by atoms with E-state index in [-0.39, 0.29) is 36.0 Å². The van der Waals surface area contributed by atoms with Crippen molar-refractivity contribution in [1.82, 2.24) is 4.90 Å². The number of hydrogen-bond donors (Lipinski definition) is 0. The molecule has 21 heavy (non-hydrogen) atoms. The first kappa shape index (κ1) is 15.1. The van der Waals surface area contributed by atoms with Crippen LogP contribution in [0.1, 0.15) is 22.5 Å². The van der Waals surface area contributed by atoms with Crippen molar-refractivity contribution in [3.8, 4) is 6.07 Å². The summed E-state index contributed by atoms with van der Waals surface area (Å²) in [5, 5.41) is 8.74. The molecule has 108 valence electrons. The average Bonchev–Trinajstić information content (AvgIpc) is 2.95. The molecule has 0 aliphatic heterocycles. The highest BCUT2D eigenvalue weighted by atomic mass is 35.5. The van der Waals surface area contributed by atoms with Crippen molar-refractivity contribution in [3.05, 3.63) is 58.8 Å². The number of hydrogen-bond acceptors (Lipinski definition) is 3. The fourth-order valence-corrected chi connectivity index (χ4v) is 2.11. The Labute approximate surface area is 126 Å². The molecule has 1 heterocycles. The summed E-state index contributed by atoms with van der Waals surface area (Å²) in [4.78, 5) is 13.9. The molecule has 0 aliphatic carbocycles. The Kier molecular flexibility index (Phi) is 4.96. The van der Waals surface area contributed by atoms with Crippen LogP contribution in [0.3, 0.4) is 0 Å². The normalized spacial score (nSPS) is 10.1. The minimum Gasteiger partial charge on any atom is -0.467 e. The molecule has 0 saturated carbocycles. The zero-order valence-corrected chi connectivity index (χ0v) is 11.8. The van der Waals surface area contributed by atoms with E-state index >= 15 is 0 Å². The van der Waals surface area contributed by atoms with Gasteiger partial charge in [-0.3, -0.25) is 4.79 Å². The third kappa shape index (κ3) is 3.83. The van der Waals surface area contributed by atoms with Crippen molar-refractivity contribution in [1.29, 1.82) is 5.26 Å². The first-order chi connectivity index (χ1) is 10.1. The van der Waals surface area contributed by atoms with Crippen LogP contribution in [-0.2, 0) is 6.54 Å². The summed E-state index contributed by atoms with van der Waals surface area (Å²) in [7, 11) is 0. The van der Waals surface area contributed by atoms with E-state index in [4.69, 9.17) is 21.3 Å². The number of halogens is 2. The predicted molar refractivity (Wildman–Crippen MR) is 75.1 cm³/mol. The molecule has 0 N–H and O–H groups in total. The van der Waals surface area contributed by atoms with Crippen LogP contribution in [0.2, 0.25) is 5.02 Å². The van der Waals surface area contributed by atoms with E-state index in [0.717, 1.165) is 6.07 Å². The summed E-state index contributed by atoms with van der Waals surface area (Å²) in [5.74, 6) is -0.280. The summed E-state index contributed by atoms with van der Waals surface area (Å²) in [6.45, 7) is 0.463. The van der Waals surface area contributed by atoms with Gasteiger partial charge in [-0.25, -0.2) is 4.39 Å². The lowest BCUT2D eigenvalue weighted by molar-refractivity contribution is 0.0735. The molecule has 0 spiro atoms. The fraction of sp³-hybridized carbons (Fsp3) is 0.200. The number of nitriles is 1. The standard InChI is InChI=1S/C15H12ClFN2O2/c16-14-9-11(17)4-5-13(14)15(20)19(7-2-6-18)10-12-3-1-8-21-12/h1,3-5,8-9H,2,7,10H2. The van der Waals surface area contributed by atoms with Crippen LogP contribution in [0.25, 0.3) is 0 Å². The lowest BCUT2D eigenvalue weighted by Crippen LogP contribution is -2.31. The van der Waals surface area contributed by atoms with E-state index in [0.29, 0.717) is 5.76 Å². The van der Waals surface area contributed by atoms with Gasteiger partial charge in [0.2, 0.25) is 0 Å². The van der Waals surface area contributed by atoms with Crippen molar-refractivity contribution in [3.63, 3.8) is 0 Å². The number of furan rings is 1. The summed E-state index contributed by atoms with van der Waals surface area (Å²) in [6.07, 6.45) is 1.69. The summed E-state index contributed by atoms with van der Waals surface area (Å²) >= 11 is 5.91. The third-order valence-electron chi connectivity index (χ3n) is 2.87. The lowest BCUT2D eigenvalue weighted by Gasteiger charge is -2.21. The first-order valence-corrected chi connectivity index (χ1v) is 6.63.